The molecule has 5 rings (SSSR count). The topological polar surface area (TPSA) is 81.9 Å². The zero-order chi connectivity index (χ0) is 23.0. The summed E-state index contributed by atoms with van der Waals surface area (Å²) < 4.78 is 7.36. The van der Waals surface area contributed by atoms with Gasteiger partial charge in [-0.2, -0.15) is 5.10 Å². The number of nitrogens with one attached hydrogen (secondary N) is 1. The van der Waals surface area contributed by atoms with Crippen LogP contribution in [0.3, 0.4) is 0 Å². The van der Waals surface area contributed by atoms with Gasteiger partial charge in [-0.05, 0) is 47.5 Å². The molecule has 8 heteroatoms. The number of pyridine rings is 2. The van der Waals surface area contributed by atoms with Crippen molar-refractivity contribution in [2.45, 2.75) is 32.7 Å². The number of carbonyl (C=O) groups excluding carboxylic acids is 1. The summed E-state index contributed by atoms with van der Waals surface area (Å²) in [7, 11) is 1.89. The largest absolute Gasteiger partial charge is 0.381 e. The second-order valence-electron chi connectivity index (χ2n) is 9.29. The summed E-state index contributed by atoms with van der Waals surface area (Å²) in [5.74, 6) is -0.128. The third-order valence-electron chi connectivity index (χ3n) is 6.25. The minimum absolute atomic E-state index is 0.0623. The van der Waals surface area contributed by atoms with Crippen LogP contribution in [-0.4, -0.2) is 44.9 Å². The molecule has 1 amide bonds. The van der Waals surface area contributed by atoms with Gasteiger partial charge in [-0.25, -0.2) is 4.98 Å². The number of hydrogen-bond donors (Lipinski definition) is 1. The number of hydrogen-bond acceptors (Lipinski definition) is 6. The first-order chi connectivity index (χ1) is 15.9. The summed E-state index contributed by atoms with van der Waals surface area (Å²) >= 11 is 1.56. The maximum absolute atomic E-state index is 13.1. The van der Waals surface area contributed by atoms with Gasteiger partial charge in [0.15, 0.2) is 0 Å². The fourth-order valence-corrected chi connectivity index (χ4v) is 5.09. The van der Waals surface area contributed by atoms with Crippen LogP contribution >= 0.6 is 11.3 Å². The second kappa shape index (κ2) is 8.68. The summed E-state index contributed by atoms with van der Waals surface area (Å²) in [6.45, 7) is 5.56. The zero-order valence-corrected chi connectivity index (χ0v) is 19.9. The molecule has 4 aromatic heterocycles. The van der Waals surface area contributed by atoms with Crippen LogP contribution in [0.15, 0.2) is 48.2 Å². The molecule has 1 saturated heterocycles. The van der Waals surface area contributed by atoms with E-state index in [0.29, 0.717) is 25.3 Å². The zero-order valence-electron chi connectivity index (χ0n) is 19.0. The van der Waals surface area contributed by atoms with E-state index < -0.39 is 0 Å². The smallest absolute Gasteiger partial charge is 0.270 e. The second-order valence-corrected chi connectivity index (χ2v) is 10.2. The molecule has 0 aliphatic carbocycles. The lowest BCUT2D eigenvalue weighted by Gasteiger charge is -2.38. The Kier molecular flexibility index (Phi) is 5.72. The first-order valence-corrected chi connectivity index (χ1v) is 12.0. The van der Waals surface area contributed by atoms with Crippen molar-refractivity contribution in [3.05, 3.63) is 65.1 Å². The molecule has 0 bridgehead atoms. The van der Waals surface area contributed by atoms with Crippen LogP contribution in [-0.2, 0) is 18.2 Å². The third-order valence-corrected chi connectivity index (χ3v) is 7.06. The van der Waals surface area contributed by atoms with Crippen molar-refractivity contribution in [2.24, 2.45) is 12.5 Å². The Balaban J connectivity index is 1.39. The highest BCUT2D eigenvalue weighted by Gasteiger charge is 2.34. The quantitative estimate of drug-likeness (QED) is 0.481. The van der Waals surface area contributed by atoms with Gasteiger partial charge in [0.2, 0.25) is 0 Å². The molecule has 1 aliphatic rings. The minimum atomic E-state index is -0.128. The van der Waals surface area contributed by atoms with E-state index in [1.807, 2.05) is 43.2 Å². The molecule has 7 nitrogen and oxygen atoms in total. The molecular weight excluding hydrogens is 434 g/mol. The molecule has 5 heterocycles. The van der Waals surface area contributed by atoms with Gasteiger partial charge in [0.05, 0.1) is 18.5 Å². The first kappa shape index (κ1) is 21.7. The van der Waals surface area contributed by atoms with Gasteiger partial charge in [-0.15, -0.1) is 11.3 Å². The summed E-state index contributed by atoms with van der Waals surface area (Å²) in [4.78, 5) is 23.3. The normalized spacial score (nSPS) is 17.8. The summed E-state index contributed by atoms with van der Waals surface area (Å²) in [6, 6.07) is 8.15. The van der Waals surface area contributed by atoms with Crippen molar-refractivity contribution >= 4 is 27.5 Å². The molecule has 0 aromatic carbocycles. The number of amides is 1. The number of rotatable bonds is 5. The molecule has 4 aromatic rings. The van der Waals surface area contributed by atoms with Crippen molar-refractivity contribution < 1.29 is 9.53 Å². The number of carbonyl (C=O) groups is 1. The highest BCUT2D eigenvalue weighted by Crippen LogP contribution is 2.29. The Labute approximate surface area is 196 Å². The highest BCUT2D eigenvalue weighted by atomic mass is 32.1. The van der Waals surface area contributed by atoms with E-state index in [2.05, 4.69) is 46.4 Å². The molecular formula is C25H27N5O2S. The summed E-state index contributed by atoms with van der Waals surface area (Å²) in [5.41, 5.74) is 4.39. The fourth-order valence-electron chi connectivity index (χ4n) is 4.28. The lowest BCUT2D eigenvalue weighted by atomic mass is 9.82. The number of aromatic nitrogens is 4. The Morgan fingerprint density at radius 2 is 2.18 bits per heavy atom. The van der Waals surface area contributed by atoms with E-state index in [4.69, 9.17) is 4.74 Å². The van der Waals surface area contributed by atoms with Gasteiger partial charge in [0, 0.05) is 48.5 Å². The summed E-state index contributed by atoms with van der Waals surface area (Å²) in [6.07, 6.45) is 7.14. The van der Waals surface area contributed by atoms with Crippen molar-refractivity contribution in [2.75, 3.05) is 13.2 Å². The van der Waals surface area contributed by atoms with E-state index in [1.165, 1.54) is 0 Å². The molecule has 0 spiro atoms. The van der Waals surface area contributed by atoms with Gasteiger partial charge >= 0.3 is 0 Å². The average Bonchev–Trinajstić information content (AvgIpc) is 3.44. The van der Waals surface area contributed by atoms with Crippen molar-refractivity contribution in [1.29, 1.82) is 0 Å². The molecule has 1 fully saturated rings. The minimum Gasteiger partial charge on any atom is -0.381 e. The van der Waals surface area contributed by atoms with Crippen molar-refractivity contribution in [1.82, 2.24) is 25.1 Å². The first-order valence-electron chi connectivity index (χ1n) is 11.1. The van der Waals surface area contributed by atoms with Gasteiger partial charge < -0.3 is 10.1 Å². The number of aryl methyl sites for hydroxylation is 1. The van der Waals surface area contributed by atoms with E-state index in [9.17, 15) is 4.79 Å². The Morgan fingerprint density at radius 1 is 1.30 bits per heavy atom. The third kappa shape index (κ3) is 4.54. The Hall–Kier alpha value is -3.10. The Bertz CT molecular complexity index is 1290. The van der Waals surface area contributed by atoms with Crippen LogP contribution in [0.1, 0.15) is 41.9 Å². The molecule has 170 valence electrons. The van der Waals surface area contributed by atoms with E-state index in [1.54, 1.807) is 16.0 Å². The van der Waals surface area contributed by atoms with Gasteiger partial charge in [-0.1, -0.05) is 19.9 Å². The van der Waals surface area contributed by atoms with Gasteiger partial charge in [0.25, 0.3) is 5.91 Å². The predicted molar refractivity (Wildman–Crippen MR) is 129 cm³/mol. The number of thiophene rings is 1. The number of fused-ring (bicyclic) bond motifs is 1. The highest BCUT2D eigenvalue weighted by molar-refractivity contribution is 7.16. The maximum Gasteiger partial charge on any atom is 0.270 e. The molecule has 1 aliphatic heterocycles. The Morgan fingerprint density at radius 3 is 2.91 bits per heavy atom. The molecule has 1 unspecified atom stereocenters. The monoisotopic (exact) mass is 461 g/mol. The predicted octanol–water partition coefficient (Wildman–Crippen LogP) is 4.23. The van der Waals surface area contributed by atoms with Crippen LogP contribution in [0.2, 0.25) is 0 Å². The molecule has 1 N–H and O–H groups in total. The molecule has 0 radical (unpaired) electrons. The van der Waals surface area contributed by atoms with E-state index in [-0.39, 0.29) is 17.4 Å². The summed E-state index contributed by atoms with van der Waals surface area (Å²) in [5, 5.41) is 10.5. The van der Waals surface area contributed by atoms with Crippen LogP contribution in [0.25, 0.3) is 21.5 Å². The lowest BCUT2D eigenvalue weighted by molar-refractivity contribution is -0.0116. The van der Waals surface area contributed by atoms with Crippen LogP contribution in [0.4, 0.5) is 0 Å². The van der Waals surface area contributed by atoms with Crippen molar-refractivity contribution in [3.63, 3.8) is 0 Å². The molecule has 1 atom stereocenters. The molecule has 33 heavy (non-hydrogen) atoms. The average molecular weight is 462 g/mol. The van der Waals surface area contributed by atoms with Gasteiger partial charge in [-0.3, -0.25) is 14.5 Å². The van der Waals surface area contributed by atoms with Crippen LogP contribution < -0.4 is 5.32 Å². The maximum atomic E-state index is 13.1. The van der Waals surface area contributed by atoms with Crippen molar-refractivity contribution in [3.8, 4) is 11.3 Å². The van der Waals surface area contributed by atoms with E-state index >= 15 is 0 Å². The van der Waals surface area contributed by atoms with Gasteiger partial charge in [0.1, 0.15) is 10.5 Å². The SMILES string of the molecule is Cn1cc(-c2ccc(Cc3cc(C(=O)NC4CCOCC4(C)C)nc4sccc34)cn2)cn1. The fraction of sp³-hybridized carbons (Fsp3) is 0.360. The van der Waals surface area contributed by atoms with E-state index in [0.717, 1.165) is 39.0 Å². The standard InChI is InChI=1S/C25H27N5O2S/c1-25(2)15-32-8-6-22(25)29-23(31)21-11-17(19-7-9-33-24(19)28-21)10-16-4-5-20(26-12-16)18-13-27-30(3)14-18/h4-5,7,9,11-14,22H,6,8,10,15H2,1-3H3,(H,29,31). The lowest BCUT2D eigenvalue weighted by Crippen LogP contribution is -2.50. The number of nitrogens with zero attached hydrogens (tertiary/aromatic N) is 4. The number of ether oxygens (including phenoxy) is 1. The molecule has 0 saturated carbocycles. The van der Waals surface area contributed by atoms with Crippen LogP contribution in [0, 0.1) is 5.41 Å². The van der Waals surface area contributed by atoms with Crippen LogP contribution in [0.5, 0.6) is 0 Å².